The van der Waals surface area contributed by atoms with Crippen LogP contribution in [-0.4, -0.2) is 22.3 Å². The number of para-hydroxylation sites is 1. The van der Waals surface area contributed by atoms with E-state index in [2.05, 4.69) is 23.2 Å². The van der Waals surface area contributed by atoms with Gasteiger partial charge >= 0.3 is 0 Å². The molecular weight excluding hydrogens is 375 g/mol. The number of aromatic amines is 1. The average molecular weight is 398 g/mol. The van der Waals surface area contributed by atoms with Crippen molar-refractivity contribution in [1.82, 2.24) is 9.88 Å². The molecule has 1 amide bonds. The molecular formula is C26H23FN2O. The van der Waals surface area contributed by atoms with Gasteiger partial charge in [0, 0.05) is 42.5 Å². The molecule has 0 saturated heterocycles. The van der Waals surface area contributed by atoms with E-state index in [0.29, 0.717) is 13.0 Å². The van der Waals surface area contributed by atoms with Gasteiger partial charge in [-0.1, -0.05) is 54.6 Å². The molecule has 150 valence electrons. The van der Waals surface area contributed by atoms with Gasteiger partial charge in [0.2, 0.25) is 5.91 Å². The summed E-state index contributed by atoms with van der Waals surface area (Å²) in [6.45, 7) is 1.36. The highest BCUT2D eigenvalue weighted by Crippen LogP contribution is 2.34. The van der Waals surface area contributed by atoms with Crippen LogP contribution in [0, 0.1) is 5.82 Å². The first-order chi connectivity index (χ1) is 14.7. The van der Waals surface area contributed by atoms with E-state index in [4.69, 9.17) is 0 Å². The molecule has 0 fully saturated rings. The smallest absolute Gasteiger partial charge is 0.223 e. The Labute approximate surface area is 175 Å². The zero-order valence-electron chi connectivity index (χ0n) is 16.6. The molecule has 1 aliphatic rings. The maximum absolute atomic E-state index is 14.0. The van der Waals surface area contributed by atoms with Crippen LogP contribution < -0.4 is 0 Å². The number of nitrogens with one attached hydrogen (secondary N) is 1. The quantitative estimate of drug-likeness (QED) is 0.490. The summed E-state index contributed by atoms with van der Waals surface area (Å²) in [5, 5.41) is 1.07. The van der Waals surface area contributed by atoms with Gasteiger partial charge in [-0.15, -0.1) is 0 Å². The minimum Gasteiger partial charge on any atom is -0.361 e. The number of hydrogen-bond acceptors (Lipinski definition) is 1. The zero-order valence-corrected chi connectivity index (χ0v) is 16.6. The molecule has 1 atom stereocenters. The SMILES string of the molecule is O=C(C[C@@H](c1cccc(F)c1)c1c[nH]c2ccccc12)N1CCc2ccccc2C1. The lowest BCUT2D eigenvalue weighted by Gasteiger charge is -2.30. The standard InChI is InChI=1S/C26H23FN2O/c27-21-9-5-8-19(14-21)23(24-16-28-25-11-4-3-10-22(24)25)15-26(30)29-13-12-18-6-1-2-7-20(18)17-29/h1-11,14,16,23,28H,12-13,15,17H2/t23-/m0/s1. The van der Waals surface area contributed by atoms with Crippen molar-refractivity contribution in [3.63, 3.8) is 0 Å². The number of benzene rings is 3. The number of fused-ring (bicyclic) bond motifs is 2. The number of aromatic nitrogens is 1. The molecule has 30 heavy (non-hydrogen) atoms. The van der Waals surface area contributed by atoms with Gasteiger partial charge in [0.1, 0.15) is 5.82 Å². The van der Waals surface area contributed by atoms with Crippen molar-refractivity contribution >= 4 is 16.8 Å². The Kier molecular flexibility index (Phi) is 4.83. The fraction of sp³-hybridized carbons (Fsp3) is 0.192. The lowest BCUT2D eigenvalue weighted by molar-refractivity contribution is -0.132. The predicted octanol–water partition coefficient (Wildman–Crippen LogP) is 5.41. The first-order valence-electron chi connectivity index (χ1n) is 10.3. The summed E-state index contributed by atoms with van der Waals surface area (Å²) in [6, 6.07) is 23.0. The second kappa shape index (κ2) is 7.79. The minimum atomic E-state index is -0.281. The van der Waals surface area contributed by atoms with E-state index >= 15 is 0 Å². The Bertz CT molecular complexity index is 1210. The Balaban J connectivity index is 1.48. The molecule has 0 saturated carbocycles. The van der Waals surface area contributed by atoms with Crippen molar-refractivity contribution in [2.75, 3.05) is 6.54 Å². The molecule has 0 spiro atoms. The Morgan fingerprint density at radius 1 is 1.00 bits per heavy atom. The van der Waals surface area contributed by atoms with Crippen LogP contribution in [0.1, 0.15) is 34.6 Å². The number of halogens is 1. The van der Waals surface area contributed by atoms with E-state index in [1.54, 1.807) is 12.1 Å². The lowest BCUT2D eigenvalue weighted by Crippen LogP contribution is -2.36. The number of amides is 1. The summed E-state index contributed by atoms with van der Waals surface area (Å²) in [7, 11) is 0. The van der Waals surface area contributed by atoms with Crippen LogP contribution in [0.2, 0.25) is 0 Å². The van der Waals surface area contributed by atoms with Crippen molar-refractivity contribution in [2.45, 2.75) is 25.3 Å². The Morgan fingerprint density at radius 2 is 1.80 bits per heavy atom. The highest BCUT2D eigenvalue weighted by atomic mass is 19.1. The molecule has 3 aromatic carbocycles. The predicted molar refractivity (Wildman–Crippen MR) is 117 cm³/mol. The van der Waals surface area contributed by atoms with Crippen LogP contribution in [-0.2, 0) is 17.8 Å². The summed E-state index contributed by atoms with van der Waals surface area (Å²) in [6.07, 6.45) is 3.14. The van der Waals surface area contributed by atoms with Gasteiger partial charge in [0.15, 0.2) is 0 Å². The molecule has 1 aromatic heterocycles. The number of nitrogens with zero attached hydrogens (tertiary/aromatic N) is 1. The van der Waals surface area contributed by atoms with Gasteiger partial charge < -0.3 is 9.88 Å². The summed E-state index contributed by atoms with van der Waals surface area (Å²) in [4.78, 5) is 18.6. The Morgan fingerprint density at radius 3 is 2.67 bits per heavy atom. The van der Waals surface area contributed by atoms with E-state index in [1.165, 1.54) is 17.2 Å². The third kappa shape index (κ3) is 3.50. The fourth-order valence-corrected chi connectivity index (χ4v) is 4.53. The molecule has 3 nitrogen and oxygen atoms in total. The van der Waals surface area contributed by atoms with Crippen LogP contribution in [0.25, 0.3) is 10.9 Å². The molecule has 0 radical (unpaired) electrons. The van der Waals surface area contributed by atoms with E-state index in [0.717, 1.165) is 35.0 Å². The second-order valence-electron chi connectivity index (χ2n) is 7.94. The van der Waals surface area contributed by atoms with Crippen molar-refractivity contribution in [1.29, 1.82) is 0 Å². The summed E-state index contributed by atoms with van der Waals surface area (Å²) < 4.78 is 14.0. The molecule has 2 heterocycles. The normalized spacial score (nSPS) is 14.5. The average Bonchev–Trinajstić information content (AvgIpc) is 3.21. The Hall–Kier alpha value is -3.40. The zero-order chi connectivity index (χ0) is 20.5. The van der Waals surface area contributed by atoms with E-state index < -0.39 is 0 Å². The minimum absolute atomic E-state index is 0.101. The van der Waals surface area contributed by atoms with Crippen LogP contribution in [0.15, 0.2) is 79.0 Å². The third-order valence-electron chi connectivity index (χ3n) is 6.11. The lowest BCUT2D eigenvalue weighted by atomic mass is 9.87. The van der Waals surface area contributed by atoms with Crippen molar-refractivity contribution in [2.24, 2.45) is 0 Å². The number of rotatable bonds is 4. The number of carbonyl (C=O) groups is 1. The van der Waals surface area contributed by atoms with Crippen molar-refractivity contribution in [3.05, 3.63) is 107 Å². The largest absolute Gasteiger partial charge is 0.361 e. The van der Waals surface area contributed by atoms with Crippen LogP contribution in [0.3, 0.4) is 0 Å². The van der Waals surface area contributed by atoms with E-state index in [-0.39, 0.29) is 17.6 Å². The highest BCUT2D eigenvalue weighted by Gasteiger charge is 2.26. The second-order valence-corrected chi connectivity index (χ2v) is 7.94. The molecule has 0 bridgehead atoms. The van der Waals surface area contributed by atoms with Gasteiger partial charge in [-0.25, -0.2) is 4.39 Å². The highest BCUT2D eigenvalue weighted by molar-refractivity contribution is 5.86. The molecule has 0 aliphatic carbocycles. The fourth-order valence-electron chi connectivity index (χ4n) is 4.53. The van der Waals surface area contributed by atoms with Gasteiger partial charge in [-0.3, -0.25) is 4.79 Å². The van der Waals surface area contributed by atoms with Gasteiger partial charge in [0.25, 0.3) is 0 Å². The molecule has 5 rings (SSSR count). The summed E-state index contributed by atoms with van der Waals surface area (Å²) in [5.74, 6) is -0.387. The summed E-state index contributed by atoms with van der Waals surface area (Å²) in [5.41, 5.74) is 5.41. The first-order valence-corrected chi connectivity index (χ1v) is 10.3. The van der Waals surface area contributed by atoms with Crippen molar-refractivity contribution in [3.8, 4) is 0 Å². The van der Waals surface area contributed by atoms with Gasteiger partial charge in [-0.05, 0) is 46.9 Å². The third-order valence-corrected chi connectivity index (χ3v) is 6.11. The maximum Gasteiger partial charge on any atom is 0.223 e. The molecule has 4 aromatic rings. The van der Waals surface area contributed by atoms with Crippen LogP contribution >= 0.6 is 0 Å². The maximum atomic E-state index is 14.0. The van der Waals surface area contributed by atoms with Crippen molar-refractivity contribution < 1.29 is 9.18 Å². The topological polar surface area (TPSA) is 36.1 Å². The molecule has 1 aliphatic heterocycles. The van der Waals surface area contributed by atoms with Crippen LogP contribution in [0.5, 0.6) is 0 Å². The van der Waals surface area contributed by atoms with Gasteiger partial charge in [0.05, 0.1) is 0 Å². The monoisotopic (exact) mass is 398 g/mol. The number of hydrogen-bond donors (Lipinski definition) is 1. The molecule has 4 heteroatoms. The van der Waals surface area contributed by atoms with E-state index in [1.807, 2.05) is 47.5 Å². The number of carbonyl (C=O) groups excluding carboxylic acids is 1. The number of H-pyrrole nitrogens is 1. The molecule has 0 unspecified atom stereocenters. The first kappa shape index (κ1) is 18.6. The summed E-state index contributed by atoms with van der Waals surface area (Å²) >= 11 is 0. The van der Waals surface area contributed by atoms with Crippen LogP contribution in [0.4, 0.5) is 4.39 Å². The van der Waals surface area contributed by atoms with E-state index in [9.17, 15) is 9.18 Å². The molecule has 1 N–H and O–H groups in total. The van der Waals surface area contributed by atoms with Gasteiger partial charge in [-0.2, -0.15) is 0 Å².